The van der Waals surface area contributed by atoms with E-state index in [4.69, 9.17) is 10.2 Å². The summed E-state index contributed by atoms with van der Waals surface area (Å²) in [6, 6.07) is 2.79. The molecule has 2 N–H and O–H groups in total. The molecule has 0 radical (unpaired) electrons. The second-order valence-electron chi connectivity index (χ2n) is 3.96. The summed E-state index contributed by atoms with van der Waals surface area (Å²) in [6.45, 7) is -1.57. The molecule has 0 bridgehead atoms. The lowest BCUT2D eigenvalue weighted by Crippen LogP contribution is -2.40. The third-order valence-corrected chi connectivity index (χ3v) is 2.34. The first-order valence-corrected chi connectivity index (χ1v) is 5.45. The molecule has 1 rings (SSSR count). The van der Waals surface area contributed by atoms with Crippen LogP contribution in [0.4, 0.5) is 8.78 Å². The summed E-state index contributed by atoms with van der Waals surface area (Å²) in [7, 11) is 0. The molecular formula is C12H11F2NO5. The van der Waals surface area contributed by atoms with Gasteiger partial charge in [0.25, 0.3) is 0 Å². The molecule has 6 nitrogen and oxygen atoms in total. The highest BCUT2D eigenvalue weighted by atomic mass is 19.2. The van der Waals surface area contributed by atoms with E-state index < -0.39 is 49.0 Å². The summed E-state index contributed by atoms with van der Waals surface area (Å²) in [5.74, 6) is -5.76. The van der Waals surface area contributed by atoms with Gasteiger partial charge in [0.05, 0.1) is 6.42 Å². The van der Waals surface area contributed by atoms with E-state index in [9.17, 15) is 23.2 Å². The van der Waals surface area contributed by atoms with Crippen molar-refractivity contribution in [1.29, 1.82) is 0 Å². The van der Waals surface area contributed by atoms with Gasteiger partial charge in [0.15, 0.2) is 11.6 Å². The number of carboxylic acid groups (broad SMARTS) is 2. The molecule has 0 atom stereocenters. The van der Waals surface area contributed by atoms with Gasteiger partial charge in [-0.05, 0) is 17.7 Å². The predicted molar refractivity (Wildman–Crippen MR) is 61.9 cm³/mol. The number of carbonyl (C=O) groups is 3. The monoisotopic (exact) mass is 287 g/mol. The first-order chi connectivity index (χ1) is 9.29. The van der Waals surface area contributed by atoms with Gasteiger partial charge < -0.3 is 15.1 Å². The summed E-state index contributed by atoms with van der Waals surface area (Å²) in [4.78, 5) is 33.5. The summed E-state index contributed by atoms with van der Waals surface area (Å²) in [6.07, 6.45) is -0.419. The highest BCUT2D eigenvalue weighted by Gasteiger charge is 2.20. The highest BCUT2D eigenvalue weighted by Crippen LogP contribution is 2.10. The van der Waals surface area contributed by atoms with Crippen molar-refractivity contribution in [1.82, 2.24) is 4.90 Å². The second-order valence-corrected chi connectivity index (χ2v) is 3.96. The molecule has 0 aliphatic heterocycles. The maximum Gasteiger partial charge on any atom is 0.323 e. The summed E-state index contributed by atoms with van der Waals surface area (Å²) < 4.78 is 25.7. The van der Waals surface area contributed by atoms with Crippen molar-refractivity contribution < 1.29 is 33.4 Å². The maximum atomic E-state index is 13.0. The second kappa shape index (κ2) is 6.60. The van der Waals surface area contributed by atoms with E-state index in [1.54, 1.807) is 0 Å². The van der Waals surface area contributed by atoms with E-state index in [1.807, 2.05) is 0 Å². The molecule has 0 saturated heterocycles. The van der Waals surface area contributed by atoms with Crippen LogP contribution in [0, 0.1) is 11.6 Å². The van der Waals surface area contributed by atoms with E-state index in [1.165, 1.54) is 0 Å². The van der Waals surface area contributed by atoms with Crippen LogP contribution in [-0.2, 0) is 20.8 Å². The minimum Gasteiger partial charge on any atom is -0.480 e. The van der Waals surface area contributed by atoms with Gasteiger partial charge in [0.1, 0.15) is 13.1 Å². The molecule has 1 aromatic carbocycles. The van der Waals surface area contributed by atoms with E-state index >= 15 is 0 Å². The average molecular weight is 287 g/mol. The summed E-state index contributed by atoms with van der Waals surface area (Å²) in [5, 5.41) is 17.2. The van der Waals surface area contributed by atoms with Gasteiger partial charge in [-0.15, -0.1) is 0 Å². The van der Waals surface area contributed by atoms with Crippen LogP contribution in [-0.4, -0.2) is 46.0 Å². The zero-order valence-corrected chi connectivity index (χ0v) is 10.2. The Labute approximate surface area is 112 Å². The Bertz CT molecular complexity index is 531. The third kappa shape index (κ3) is 4.63. The number of hydrogen-bond acceptors (Lipinski definition) is 3. The van der Waals surface area contributed by atoms with Crippen LogP contribution in [0.5, 0.6) is 0 Å². The largest absolute Gasteiger partial charge is 0.480 e. The molecule has 1 amide bonds. The number of benzene rings is 1. The average Bonchev–Trinajstić information content (AvgIpc) is 2.32. The minimum atomic E-state index is -1.37. The Morgan fingerprint density at radius 1 is 1.00 bits per heavy atom. The fourth-order valence-corrected chi connectivity index (χ4v) is 1.49. The van der Waals surface area contributed by atoms with E-state index in [0.29, 0.717) is 4.90 Å². The first kappa shape index (κ1) is 15.5. The number of nitrogens with zero attached hydrogens (tertiary/aromatic N) is 1. The van der Waals surface area contributed by atoms with Crippen molar-refractivity contribution in [3.63, 3.8) is 0 Å². The fourth-order valence-electron chi connectivity index (χ4n) is 1.49. The lowest BCUT2D eigenvalue weighted by molar-refractivity contribution is -0.149. The topological polar surface area (TPSA) is 94.9 Å². The molecule has 20 heavy (non-hydrogen) atoms. The van der Waals surface area contributed by atoms with Crippen molar-refractivity contribution in [3.8, 4) is 0 Å². The zero-order valence-electron chi connectivity index (χ0n) is 10.2. The molecule has 108 valence electrons. The van der Waals surface area contributed by atoms with Gasteiger partial charge in [-0.1, -0.05) is 6.07 Å². The molecule has 8 heteroatoms. The number of aliphatic carboxylic acids is 2. The standard InChI is InChI=1S/C12H11F2NO5/c13-8-2-1-7(3-9(8)14)4-10(16)15(5-11(17)18)6-12(19)20/h1-3H,4-6H2,(H,17,18)(H,19,20). The molecule has 0 heterocycles. The Hall–Kier alpha value is -2.51. The van der Waals surface area contributed by atoms with E-state index in [0.717, 1.165) is 18.2 Å². The summed E-state index contributed by atoms with van der Waals surface area (Å²) in [5.41, 5.74) is 0.120. The Balaban J connectivity index is 2.81. The fraction of sp³-hybridized carbons (Fsp3) is 0.250. The minimum absolute atomic E-state index is 0.120. The quantitative estimate of drug-likeness (QED) is 0.794. The smallest absolute Gasteiger partial charge is 0.323 e. The van der Waals surface area contributed by atoms with Gasteiger partial charge in [-0.3, -0.25) is 14.4 Å². The van der Waals surface area contributed by atoms with Crippen molar-refractivity contribution in [3.05, 3.63) is 35.4 Å². The zero-order chi connectivity index (χ0) is 15.3. The predicted octanol–water partition coefficient (Wildman–Crippen LogP) is 0.505. The van der Waals surface area contributed by atoms with Gasteiger partial charge in [0, 0.05) is 0 Å². The molecule has 0 aromatic heterocycles. The number of carboxylic acids is 2. The van der Waals surface area contributed by atoms with Crippen LogP contribution >= 0.6 is 0 Å². The third-order valence-electron chi connectivity index (χ3n) is 2.34. The molecule has 0 aliphatic carbocycles. The molecule has 0 aliphatic rings. The molecule has 0 spiro atoms. The lowest BCUT2D eigenvalue weighted by Gasteiger charge is -2.18. The van der Waals surface area contributed by atoms with Crippen LogP contribution in [0.25, 0.3) is 0 Å². The number of hydrogen-bond donors (Lipinski definition) is 2. The molecule has 0 unspecified atom stereocenters. The lowest BCUT2D eigenvalue weighted by atomic mass is 10.1. The van der Waals surface area contributed by atoms with E-state index in [-0.39, 0.29) is 5.56 Å². The highest BCUT2D eigenvalue weighted by molar-refractivity contribution is 5.86. The normalized spacial score (nSPS) is 10.1. The van der Waals surface area contributed by atoms with Crippen molar-refractivity contribution in [2.24, 2.45) is 0 Å². The number of carbonyl (C=O) groups excluding carboxylic acids is 1. The van der Waals surface area contributed by atoms with Crippen molar-refractivity contribution in [2.75, 3.05) is 13.1 Å². The van der Waals surface area contributed by atoms with Crippen LogP contribution in [0.2, 0.25) is 0 Å². The van der Waals surface area contributed by atoms with Crippen LogP contribution in [0.15, 0.2) is 18.2 Å². The van der Waals surface area contributed by atoms with E-state index in [2.05, 4.69) is 0 Å². The Kier molecular flexibility index (Phi) is 5.13. The maximum absolute atomic E-state index is 13.0. The summed E-state index contributed by atoms with van der Waals surface area (Å²) >= 11 is 0. The number of rotatable bonds is 6. The Morgan fingerprint density at radius 3 is 2.00 bits per heavy atom. The molecule has 1 aromatic rings. The number of halogens is 2. The van der Waals surface area contributed by atoms with Gasteiger partial charge in [0.2, 0.25) is 5.91 Å². The first-order valence-electron chi connectivity index (χ1n) is 5.45. The van der Waals surface area contributed by atoms with Crippen molar-refractivity contribution >= 4 is 17.8 Å². The molecular weight excluding hydrogens is 276 g/mol. The van der Waals surface area contributed by atoms with Gasteiger partial charge in [-0.25, -0.2) is 8.78 Å². The number of amides is 1. The SMILES string of the molecule is O=C(O)CN(CC(=O)O)C(=O)Cc1ccc(F)c(F)c1. The Morgan fingerprint density at radius 2 is 1.55 bits per heavy atom. The van der Waals surface area contributed by atoms with Crippen LogP contribution in [0.3, 0.4) is 0 Å². The van der Waals surface area contributed by atoms with Crippen LogP contribution < -0.4 is 0 Å². The van der Waals surface area contributed by atoms with Crippen LogP contribution in [0.1, 0.15) is 5.56 Å². The molecule has 0 saturated carbocycles. The van der Waals surface area contributed by atoms with Gasteiger partial charge >= 0.3 is 11.9 Å². The molecule has 0 fully saturated rings. The van der Waals surface area contributed by atoms with Gasteiger partial charge in [-0.2, -0.15) is 0 Å². The van der Waals surface area contributed by atoms with Crippen molar-refractivity contribution in [2.45, 2.75) is 6.42 Å².